The van der Waals surface area contributed by atoms with Crippen LogP contribution in [0.25, 0.3) is 11.3 Å². The topological polar surface area (TPSA) is 54.0 Å². The normalized spacial score (nSPS) is 16.0. The van der Waals surface area contributed by atoms with Crippen LogP contribution in [-0.4, -0.2) is 81.5 Å². The molecule has 1 fully saturated rings. The van der Waals surface area contributed by atoms with E-state index in [0.29, 0.717) is 55.1 Å². The molecule has 5 rings (SSSR count). The highest BCUT2D eigenvalue weighted by Gasteiger charge is 2.25. The van der Waals surface area contributed by atoms with Gasteiger partial charge in [0.1, 0.15) is 23.9 Å². The molecule has 3 heterocycles. The average Bonchev–Trinajstić information content (AvgIpc) is 2.93. The molecule has 0 bridgehead atoms. The zero-order chi connectivity index (χ0) is 27.5. The van der Waals surface area contributed by atoms with Crippen molar-refractivity contribution < 1.29 is 22.6 Å². The summed E-state index contributed by atoms with van der Waals surface area (Å²) in [7, 11) is 5.75. The maximum absolute atomic E-state index is 15.1. The molecule has 0 radical (unpaired) electrons. The summed E-state index contributed by atoms with van der Waals surface area (Å²) in [5.41, 5.74) is 2.05. The van der Waals surface area contributed by atoms with Crippen molar-refractivity contribution in [2.75, 3.05) is 70.4 Å². The molecule has 208 valence electrons. The summed E-state index contributed by atoms with van der Waals surface area (Å²) in [6.45, 7) is 3.52. The van der Waals surface area contributed by atoms with Crippen molar-refractivity contribution in [1.82, 2.24) is 14.9 Å². The minimum absolute atomic E-state index is 0.0141. The Morgan fingerprint density at radius 3 is 2.51 bits per heavy atom. The van der Waals surface area contributed by atoms with Gasteiger partial charge in [-0.1, -0.05) is 6.07 Å². The number of methoxy groups -OCH3 is 1. The monoisotopic (exact) mass is 541 g/mol. The fourth-order valence-electron chi connectivity index (χ4n) is 5.32. The van der Waals surface area contributed by atoms with E-state index < -0.39 is 11.6 Å². The van der Waals surface area contributed by atoms with E-state index in [4.69, 9.17) is 9.47 Å². The molecule has 0 N–H and O–H groups in total. The van der Waals surface area contributed by atoms with Crippen LogP contribution in [0.4, 0.5) is 24.5 Å². The maximum atomic E-state index is 15.1. The van der Waals surface area contributed by atoms with Crippen molar-refractivity contribution in [2.45, 2.75) is 25.3 Å². The first-order valence-electron chi connectivity index (χ1n) is 13.3. The molecule has 39 heavy (non-hydrogen) atoms. The summed E-state index contributed by atoms with van der Waals surface area (Å²) in [4.78, 5) is 14.8. The van der Waals surface area contributed by atoms with E-state index in [1.807, 2.05) is 11.0 Å². The van der Waals surface area contributed by atoms with Gasteiger partial charge in [0, 0.05) is 44.8 Å². The third-order valence-electron chi connectivity index (χ3n) is 7.51. The largest absolute Gasteiger partial charge is 0.486 e. The average molecular weight is 542 g/mol. The lowest BCUT2D eigenvalue weighted by Crippen LogP contribution is -2.42. The second kappa shape index (κ2) is 11.8. The molecule has 0 aliphatic carbocycles. The minimum atomic E-state index is -0.666. The van der Waals surface area contributed by atoms with Gasteiger partial charge in [0.15, 0.2) is 17.4 Å². The summed E-state index contributed by atoms with van der Waals surface area (Å²) < 4.78 is 55.7. The highest BCUT2D eigenvalue weighted by molar-refractivity contribution is 5.72. The summed E-state index contributed by atoms with van der Waals surface area (Å²) >= 11 is 0. The molecule has 1 aromatic heterocycles. The predicted molar refractivity (Wildman–Crippen MR) is 145 cm³/mol. The van der Waals surface area contributed by atoms with Crippen LogP contribution in [0.2, 0.25) is 0 Å². The van der Waals surface area contributed by atoms with E-state index in [2.05, 4.69) is 33.9 Å². The lowest BCUT2D eigenvalue weighted by atomic mass is 10.0. The van der Waals surface area contributed by atoms with Gasteiger partial charge in [-0.3, -0.25) is 0 Å². The van der Waals surface area contributed by atoms with E-state index in [1.165, 1.54) is 12.1 Å². The molecule has 0 unspecified atom stereocenters. The van der Waals surface area contributed by atoms with E-state index in [9.17, 15) is 8.78 Å². The molecule has 2 aliphatic rings. The van der Waals surface area contributed by atoms with Gasteiger partial charge in [0.05, 0.1) is 30.7 Å². The van der Waals surface area contributed by atoms with Gasteiger partial charge < -0.3 is 24.2 Å². The summed E-state index contributed by atoms with van der Waals surface area (Å²) in [6.07, 6.45) is 3.26. The van der Waals surface area contributed by atoms with Gasteiger partial charge in [-0.2, -0.15) is 0 Å². The zero-order valence-corrected chi connectivity index (χ0v) is 22.6. The van der Waals surface area contributed by atoms with E-state index >= 15 is 4.39 Å². The molecule has 7 nitrogen and oxygen atoms in total. The highest BCUT2D eigenvalue weighted by Crippen LogP contribution is 2.38. The molecule has 0 atom stereocenters. The van der Waals surface area contributed by atoms with Crippen LogP contribution >= 0.6 is 0 Å². The molecule has 0 saturated carbocycles. The Hall–Kier alpha value is -3.37. The van der Waals surface area contributed by atoms with Crippen molar-refractivity contribution in [1.29, 1.82) is 0 Å². The molecule has 1 saturated heterocycles. The van der Waals surface area contributed by atoms with Crippen LogP contribution < -0.4 is 14.5 Å². The van der Waals surface area contributed by atoms with Crippen molar-refractivity contribution in [3.63, 3.8) is 0 Å². The number of anilines is 2. The Bertz CT molecular complexity index is 1310. The van der Waals surface area contributed by atoms with Crippen LogP contribution in [0.1, 0.15) is 24.2 Å². The Kier molecular flexibility index (Phi) is 8.23. The Morgan fingerprint density at radius 2 is 1.79 bits per heavy atom. The van der Waals surface area contributed by atoms with Crippen molar-refractivity contribution in [3.05, 3.63) is 65.4 Å². The third kappa shape index (κ3) is 5.96. The van der Waals surface area contributed by atoms with Gasteiger partial charge in [-0.25, -0.2) is 23.1 Å². The van der Waals surface area contributed by atoms with Crippen LogP contribution in [-0.2, 0) is 11.2 Å². The van der Waals surface area contributed by atoms with Gasteiger partial charge in [-0.05, 0) is 56.8 Å². The first kappa shape index (κ1) is 27.2. The lowest BCUT2D eigenvalue weighted by molar-refractivity contribution is 0.200. The third-order valence-corrected chi connectivity index (χ3v) is 7.51. The van der Waals surface area contributed by atoms with Crippen LogP contribution in [0.15, 0.2) is 36.5 Å². The SMILES string of the molecule is COCCN1CCOc2c(F)cc(-c3nc(Cc4ccc(N5CCC(N(C)C)CC5)c(F)c4)ncc3F)cc21. The van der Waals surface area contributed by atoms with E-state index in [1.54, 1.807) is 19.2 Å². The molecular formula is C29H34F3N5O2. The Morgan fingerprint density at radius 1 is 1.00 bits per heavy atom. The molecule has 0 spiro atoms. The molecule has 2 aromatic carbocycles. The number of rotatable bonds is 8. The lowest BCUT2D eigenvalue weighted by Gasteiger charge is -2.36. The second-order valence-electron chi connectivity index (χ2n) is 10.3. The Labute approximate surface area is 227 Å². The van der Waals surface area contributed by atoms with E-state index in [0.717, 1.165) is 32.1 Å². The van der Waals surface area contributed by atoms with Crippen LogP contribution in [0.3, 0.4) is 0 Å². The van der Waals surface area contributed by atoms with Crippen molar-refractivity contribution >= 4 is 11.4 Å². The predicted octanol–water partition coefficient (Wildman–Crippen LogP) is 4.53. The summed E-state index contributed by atoms with van der Waals surface area (Å²) in [6, 6.07) is 8.55. The number of benzene rings is 2. The smallest absolute Gasteiger partial charge is 0.178 e. The fraction of sp³-hybridized carbons (Fsp3) is 0.448. The maximum Gasteiger partial charge on any atom is 0.178 e. The fourth-order valence-corrected chi connectivity index (χ4v) is 5.32. The van der Waals surface area contributed by atoms with Crippen LogP contribution in [0, 0.1) is 17.5 Å². The van der Waals surface area contributed by atoms with Gasteiger partial charge in [-0.15, -0.1) is 0 Å². The molecule has 10 heteroatoms. The highest BCUT2D eigenvalue weighted by atomic mass is 19.1. The van der Waals surface area contributed by atoms with Gasteiger partial charge in [0.2, 0.25) is 0 Å². The molecular weight excluding hydrogens is 507 g/mol. The first-order valence-corrected chi connectivity index (χ1v) is 13.3. The number of ether oxygens (including phenoxy) is 2. The summed E-state index contributed by atoms with van der Waals surface area (Å²) in [5.74, 6) is -1.10. The number of nitrogens with zero attached hydrogens (tertiary/aromatic N) is 5. The second-order valence-corrected chi connectivity index (χ2v) is 10.3. The van der Waals surface area contributed by atoms with Crippen molar-refractivity contribution in [3.8, 4) is 17.0 Å². The zero-order valence-electron chi connectivity index (χ0n) is 22.6. The van der Waals surface area contributed by atoms with Crippen LogP contribution in [0.5, 0.6) is 5.75 Å². The molecule has 3 aromatic rings. The number of fused-ring (bicyclic) bond motifs is 1. The van der Waals surface area contributed by atoms with Gasteiger partial charge in [0.25, 0.3) is 0 Å². The standard InChI is InChI=1S/C29H34F3N5O2/c1-35(2)21-6-8-36(9-7-21)25-5-4-19(14-22(25)30)15-27-33-18-24(32)28(34-27)20-16-23(31)29-26(17-20)37(10-12-38-3)11-13-39-29/h4-5,14,16-18,21H,6-13,15H2,1-3H3. The minimum Gasteiger partial charge on any atom is -0.486 e. The van der Waals surface area contributed by atoms with E-state index in [-0.39, 0.29) is 29.2 Å². The Balaban J connectivity index is 1.36. The number of hydrogen-bond donors (Lipinski definition) is 0. The molecule has 0 amide bonds. The molecule has 2 aliphatic heterocycles. The van der Waals surface area contributed by atoms with Gasteiger partial charge >= 0.3 is 0 Å². The quantitative estimate of drug-likeness (QED) is 0.416. The number of aromatic nitrogens is 2. The number of hydrogen-bond acceptors (Lipinski definition) is 7. The van der Waals surface area contributed by atoms with Crippen molar-refractivity contribution in [2.24, 2.45) is 0 Å². The number of halogens is 3. The summed E-state index contributed by atoms with van der Waals surface area (Å²) in [5, 5.41) is 0. The number of piperidine rings is 1. The first-order chi connectivity index (χ1) is 18.8.